The van der Waals surface area contributed by atoms with E-state index in [2.05, 4.69) is 30.3 Å². The van der Waals surface area contributed by atoms with Crippen LogP contribution in [0, 0.1) is 5.92 Å². The predicted molar refractivity (Wildman–Crippen MR) is 67.3 cm³/mol. The van der Waals surface area contributed by atoms with Gasteiger partial charge in [0.2, 0.25) is 0 Å². The van der Waals surface area contributed by atoms with Gasteiger partial charge in [-0.05, 0) is 0 Å². The summed E-state index contributed by atoms with van der Waals surface area (Å²) in [7, 11) is 0. The van der Waals surface area contributed by atoms with Crippen LogP contribution in [0.3, 0.4) is 0 Å². The molecule has 2 heteroatoms. The Balaban J connectivity index is 1.70. The van der Waals surface area contributed by atoms with Crippen molar-refractivity contribution in [2.45, 2.75) is 36.6 Å². The molecule has 0 radical (unpaired) electrons. The normalized spacial score (nSPS) is 33.6. The van der Waals surface area contributed by atoms with E-state index in [1.165, 1.54) is 30.1 Å². The molecule has 0 aromatic heterocycles. The number of hydrogen-bond donors (Lipinski definition) is 0. The van der Waals surface area contributed by atoms with E-state index < -0.39 is 0 Å². The molecule has 0 spiro atoms. The van der Waals surface area contributed by atoms with E-state index in [9.17, 15) is 0 Å². The van der Waals surface area contributed by atoms with Gasteiger partial charge in [0.25, 0.3) is 0 Å². The minimum absolute atomic E-state index is 0.592. The molecular weight excluding hydrogens is 263 g/mol. The first-order chi connectivity index (χ1) is 7.93. The quantitative estimate of drug-likeness (QED) is 0.756. The van der Waals surface area contributed by atoms with Crippen LogP contribution < -0.4 is 4.46 Å². The van der Waals surface area contributed by atoms with Gasteiger partial charge in [-0.2, -0.15) is 0 Å². The maximum atomic E-state index is 5.96. The van der Waals surface area contributed by atoms with Crippen LogP contribution >= 0.6 is 0 Å². The van der Waals surface area contributed by atoms with Crippen LogP contribution in [-0.2, 0) is 4.74 Å². The van der Waals surface area contributed by atoms with Gasteiger partial charge in [-0.3, -0.25) is 0 Å². The zero-order valence-corrected chi connectivity index (χ0v) is 11.2. The average molecular weight is 281 g/mol. The third kappa shape index (κ3) is 2.20. The second-order valence-electron chi connectivity index (χ2n) is 4.78. The summed E-state index contributed by atoms with van der Waals surface area (Å²) in [6.07, 6.45) is 6.12. The van der Waals surface area contributed by atoms with Crippen LogP contribution in [0.5, 0.6) is 0 Å². The van der Waals surface area contributed by atoms with Crippen molar-refractivity contribution in [2.75, 3.05) is 6.61 Å². The zero-order valence-electron chi connectivity index (χ0n) is 9.47. The van der Waals surface area contributed by atoms with Crippen molar-refractivity contribution in [3.63, 3.8) is 0 Å². The molecule has 3 rings (SSSR count). The molecule has 1 saturated heterocycles. The molecule has 1 aromatic rings. The molecule has 1 heterocycles. The van der Waals surface area contributed by atoms with Crippen molar-refractivity contribution in [3.05, 3.63) is 30.3 Å². The van der Waals surface area contributed by atoms with E-state index >= 15 is 0 Å². The maximum absolute atomic E-state index is 5.96. The van der Waals surface area contributed by atoms with Gasteiger partial charge in [0.05, 0.1) is 0 Å². The van der Waals surface area contributed by atoms with Crippen LogP contribution in [-0.4, -0.2) is 27.7 Å². The second kappa shape index (κ2) is 4.91. The van der Waals surface area contributed by atoms with Gasteiger partial charge < -0.3 is 0 Å². The summed E-state index contributed by atoms with van der Waals surface area (Å²) in [5.41, 5.74) is 0. The molecule has 1 aromatic carbocycles. The average Bonchev–Trinajstić information content (AvgIpc) is 2.80. The summed E-state index contributed by atoms with van der Waals surface area (Å²) in [6, 6.07) is 11.0. The summed E-state index contributed by atoms with van der Waals surface area (Å²) < 4.78 is 7.50. The van der Waals surface area contributed by atoms with E-state index in [-0.39, 0.29) is 0 Å². The number of benzene rings is 1. The first-order valence-corrected chi connectivity index (χ1v) is 8.11. The van der Waals surface area contributed by atoms with Gasteiger partial charge in [-0.15, -0.1) is 0 Å². The van der Waals surface area contributed by atoms with Gasteiger partial charge in [0, 0.05) is 0 Å². The van der Waals surface area contributed by atoms with Crippen molar-refractivity contribution in [1.29, 1.82) is 0 Å². The van der Waals surface area contributed by atoms with Gasteiger partial charge >= 0.3 is 104 Å². The molecule has 1 saturated carbocycles. The molecule has 86 valence electrons. The Morgan fingerprint density at radius 3 is 2.81 bits per heavy atom. The van der Waals surface area contributed by atoms with Crippen LogP contribution in [0.15, 0.2) is 30.3 Å². The fourth-order valence-electron chi connectivity index (χ4n) is 2.92. The summed E-state index contributed by atoms with van der Waals surface area (Å²) in [6.45, 7) is 1.01. The first kappa shape index (κ1) is 10.8. The molecule has 0 N–H and O–H groups in total. The summed E-state index contributed by atoms with van der Waals surface area (Å²) in [4.78, 5) is 0.830. The van der Waals surface area contributed by atoms with E-state index in [0.717, 1.165) is 17.3 Å². The van der Waals surface area contributed by atoms with Crippen molar-refractivity contribution in [1.82, 2.24) is 0 Å². The van der Waals surface area contributed by atoms with Gasteiger partial charge in [-0.1, -0.05) is 0 Å². The minimum atomic E-state index is 0.592. The van der Waals surface area contributed by atoms with Crippen molar-refractivity contribution < 1.29 is 4.74 Å². The summed E-state index contributed by atoms with van der Waals surface area (Å²) in [5, 5.41) is 0. The fourth-order valence-corrected chi connectivity index (χ4v) is 5.82. The third-order valence-corrected chi connectivity index (χ3v) is 6.56. The Morgan fingerprint density at radius 1 is 1.06 bits per heavy atom. The summed E-state index contributed by atoms with van der Waals surface area (Å²) in [5.74, 6) is 0.879. The monoisotopic (exact) mass is 282 g/mol. The standard InChI is InChI=1S/C14H18OSe/c1-2-6-12(7-3-1)16-13-8-4-5-11-9-10-15-14(11)13/h1-3,6-7,11,13-14H,4-5,8-10H2/t11-,13+,14+/m1/s1. The Hall–Kier alpha value is -0.301. The number of fused-ring (bicyclic) bond motifs is 1. The molecule has 0 unspecified atom stereocenters. The molecule has 0 bridgehead atoms. The van der Waals surface area contributed by atoms with Crippen LogP contribution in [0.2, 0.25) is 4.82 Å². The number of hydrogen-bond acceptors (Lipinski definition) is 1. The molecule has 1 aliphatic carbocycles. The van der Waals surface area contributed by atoms with Crippen molar-refractivity contribution in [3.8, 4) is 0 Å². The molecule has 2 aliphatic rings. The van der Waals surface area contributed by atoms with E-state index in [4.69, 9.17) is 4.74 Å². The molecule has 1 aliphatic heterocycles. The topological polar surface area (TPSA) is 9.23 Å². The first-order valence-electron chi connectivity index (χ1n) is 6.27. The van der Waals surface area contributed by atoms with Crippen LogP contribution in [0.1, 0.15) is 25.7 Å². The molecule has 3 atom stereocenters. The second-order valence-corrected chi connectivity index (χ2v) is 7.54. The van der Waals surface area contributed by atoms with Crippen molar-refractivity contribution in [2.24, 2.45) is 5.92 Å². The Morgan fingerprint density at radius 2 is 1.94 bits per heavy atom. The molecule has 1 nitrogen and oxygen atoms in total. The SMILES string of the molecule is c1ccc([Se][C@H]2CCC[C@@H]3CCO[C@@H]32)cc1. The number of ether oxygens (including phenoxy) is 1. The molecule has 0 amide bonds. The Labute approximate surface area is 104 Å². The van der Waals surface area contributed by atoms with Crippen LogP contribution in [0.25, 0.3) is 0 Å². The molecule has 2 fully saturated rings. The number of rotatable bonds is 2. The Kier molecular flexibility index (Phi) is 3.32. The van der Waals surface area contributed by atoms with Gasteiger partial charge in [-0.25, -0.2) is 0 Å². The van der Waals surface area contributed by atoms with E-state index in [1.807, 2.05) is 0 Å². The predicted octanol–water partition coefficient (Wildman–Crippen LogP) is 2.39. The van der Waals surface area contributed by atoms with Crippen molar-refractivity contribution >= 4 is 19.4 Å². The van der Waals surface area contributed by atoms with E-state index in [1.54, 1.807) is 0 Å². The van der Waals surface area contributed by atoms with Gasteiger partial charge in [0.15, 0.2) is 0 Å². The zero-order chi connectivity index (χ0) is 10.8. The van der Waals surface area contributed by atoms with Gasteiger partial charge in [0.1, 0.15) is 0 Å². The Bertz CT molecular complexity index is 338. The third-order valence-electron chi connectivity index (χ3n) is 3.72. The van der Waals surface area contributed by atoms with E-state index in [0.29, 0.717) is 21.1 Å². The summed E-state index contributed by atoms with van der Waals surface area (Å²) >= 11 is 0.606. The molecular formula is C14H18OSe. The van der Waals surface area contributed by atoms with Crippen LogP contribution in [0.4, 0.5) is 0 Å². The molecule has 16 heavy (non-hydrogen) atoms. The fraction of sp³-hybridized carbons (Fsp3) is 0.571.